The first-order chi connectivity index (χ1) is 17.9. The molecule has 1 fully saturated rings. The summed E-state index contributed by atoms with van der Waals surface area (Å²) in [5.74, 6) is 0.680. The topological polar surface area (TPSA) is 94.7 Å². The van der Waals surface area contributed by atoms with Crippen molar-refractivity contribution in [2.24, 2.45) is 0 Å². The van der Waals surface area contributed by atoms with Gasteiger partial charge in [-0.3, -0.25) is 4.79 Å². The summed E-state index contributed by atoms with van der Waals surface area (Å²) in [7, 11) is 3.87. The van der Waals surface area contributed by atoms with Crippen molar-refractivity contribution in [3.05, 3.63) is 59.3 Å². The van der Waals surface area contributed by atoms with Crippen LogP contribution in [0.15, 0.2) is 42.6 Å². The molecular weight excluding hydrogens is 480 g/mol. The van der Waals surface area contributed by atoms with Gasteiger partial charge in [-0.15, -0.1) is 0 Å². The molecule has 0 aliphatic carbocycles. The number of benzene rings is 2. The molecule has 0 spiro atoms. The molecule has 0 amide bonds. The molecule has 4 rings (SSSR count). The highest BCUT2D eigenvalue weighted by Gasteiger charge is 2.18. The van der Waals surface area contributed by atoms with E-state index in [9.17, 15) is 13.6 Å². The van der Waals surface area contributed by atoms with E-state index < -0.39 is 6.61 Å². The van der Waals surface area contributed by atoms with E-state index in [4.69, 9.17) is 4.74 Å². The fraction of sp³-hybridized carbons (Fsp3) is 0.346. The first kappa shape index (κ1) is 26.2. The number of hydrogen-bond acceptors (Lipinski definition) is 9. The Morgan fingerprint density at radius 2 is 1.89 bits per heavy atom. The zero-order valence-corrected chi connectivity index (χ0v) is 21.1. The Kier molecular flexibility index (Phi) is 8.47. The smallest absolute Gasteiger partial charge is 0.387 e. The van der Waals surface area contributed by atoms with Crippen molar-refractivity contribution in [2.45, 2.75) is 20.1 Å². The van der Waals surface area contributed by atoms with Gasteiger partial charge in [-0.1, -0.05) is 12.1 Å². The maximum absolute atomic E-state index is 13.2. The fourth-order valence-electron chi connectivity index (χ4n) is 4.15. The molecule has 0 unspecified atom stereocenters. The summed E-state index contributed by atoms with van der Waals surface area (Å²) in [5, 5.41) is 9.26. The van der Waals surface area contributed by atoms with Gasteiger partial charge in [0.15, 0.2) is 12.0 Å². The second kappa shape index (κ2) is 11.9. The van der Waals surface area contributed by atoms with Crippen LogP contribution in [0.5, 0.6) is 5.75 Å². The number of piperazine rings is 1. The predicted molar refractivity (Wildman–Crippen MR) is 141 cm³/mol. The summed E-state index contributed by atoms with van der Waals surface area (Å²) in [4.78, 5) is 25.0. The number of aryl methyl sites for hydroxylation is 1. The van der Waals surface area contributed by atoms with Gasteiger partial charge in [0.05, 0.1) is 11.4 Å². The number of nitrogens with one attached hydrogen (secondary N) is 3. The van der Waals surface area contributed by atoms with Crippen molar-refractivity contribution >= 4 is 35.1 Å². The largest absolute Gasteiger partial charge is 0.433 e. The molecule has 9 nitrogen and oxygen atoms in total. The lowest BCUT2D eigenvalue weighted by Crippen LogP contribution is -2.44. The number of anilines is 5. The van der Waals surface area contributed by atoms with Crippen LogP contribution in [0.2, 0.25) is 0 Å². The molecule has 3 N–H and O–H groups in total. The van der Waals surface area contributed by atoms with Gasteiger partial charge >= 0.3 is 6.61 Å². The number of aromatic nitrogens is 2. The van der Waals surface area contributed by atoms with Crippen molar-refractivity contribution < 1.29 is 18.3 Å². The minimum Gasteiger partial charge on any atom is -0.433 e. The molecule has 0 atom stereocenters. The molecule has 1 aliphatic rings. The van der Waals surface area contributed by atoms with Crippen LogP contribution in [0.4, 0.5) is 37.6 Å². The maximum atomic E-state index is 13.2. The molecule has 2 heterocycles. The van der Waals surface area contributed by atoms with Gasteiger partial charge in [0.25, 0.3) is 0 Å². The van der Waals surface area contributed by atoms with Crippen LogP contribution in [-0.4, -0.2) is 68.0 Å². The van der Waals surface area contributed by atoms with E-state index in [1.54, 1.807) is 24.4 Å². The second-order valence-electron chi connectivity index (χ2n) is 8.85. The molecule has 0 radical (unpaired) electrons. The van der Waals surface area contributed by atoms with Crippen LogP contribution in [-0.2, 0) is 6.54 Å². The zero-order valence-electron chi connectivity index (χ0n) is 21.1. The van der Waals surface area contributed by atoms with E-state index in [1.807, 2.05) is 32.2 Å². The number of nitrogens with zero attached hydrogens (tertiary/aromatic N) is 4. The highest BCUT2D eigenvalue weighted by atomic mass is 19.3. The summed E-state index contributed by atoms with van der Waals surface area (Å²) >= 11 is 0. The lowest BCUT2D eigenvalue weighted by Gasteiger charge is -2.34. The SMILES string of the molecule is CNCc1cccc(Nc2nc(Nc3ccc(N4CCN(C)CC4)cc3OC(F)F)ncc2C)c1C=O. The summed E-state index contributed by atoms with van der Waals surface area (Å²) in [6.45, 7) is 2.77. The number of carbonyl (C=O) groups excluding carboxylic acids is 1. The second-order valence-corrected chi connectivity index (χ2v) is 8.85. The first-order valence-electron chi connectivity index (χ1n) is 12.0. The minimum atomic E-state index is -2.98. The van der Waals surface area contributed by atoms with Gasteiger partial charge in [-0.25, -0.2) is 4.98 Å². The average molecular weight is 512 g/mol. The Morgan fingerprint density at radius 3 is 2.59 bits per heavy atom. The van der Waals surface area contributed by atoms with Crippen molar-refractivity contribution in [3.63, 3.8) is 0 Å². The first-order valence-corrected chi connectivity index (χ1v) is 12.0. The van der Waals surface area contributed by atoms with E-state index in [0.717, 1.165) is 49.3 Å². The van der Waals surface area contributed by atoms with Crippen LogP contribution in [0.25, 0.3) is 0 Å². The quantitative estimate of drug-likeness (QED) is 0.347. The standard InChI is InChI=1S/C26H31F2N7O2/c1-17-14-30-26(33-24(17)31-21-6-4-5-18(15-29-2)20(21)16-36)32-22-8-7-19(13-23(22)37-25(27)28)35-11-9-34(3)10-12-35/h4-8,13-14,16,25,29H,9-12,15H2,1-3H3,(H2,30,31,32,33). The van der Waals surface area contributed by atoms with Crippen LogP contribution in [0, 0.1) is 6.92 Å². The number of likely N-dealkylation sites (N-methyl/N-ethyl adjacent to an activating group) is 1. The number of carbonyl (C=O) groups is 1. The highest BCUT2D eigenvalue weighted by Crippen LogP contribution is 2.34. The molecule has 11 heteroatoms. The lowest BCUT2D eigenvalue weighted by atomic mass is 10.1. The zero-order chi connectivity index (χ0) is 26.4. The highest BCUT2D eigenvalue weighted by molar-refractivity contribution is 5.88. The van der Waals surface area contributed by atoms with Crippen LogP contribution < -0.4 is 25.6 Å². The summed E-state index contributed by atoms with van der Waals surface area (Å²) in [6.07, 6.45) is 2.42. The molecule has 1 aromatic heterocycles. The Bertz CT molecular complexity index is 1230. The van der Waals surface area contributed by atoms with Crippen molar-refractivity contribution in [2.75, 3.05) is 55.8 Å². The van der Waals surface area contributed by atoms with E-state index in [-0.39, 0.29) is 11.7 Å². The van der Waals surface area contributed by atoms with Crippen molar-refractivity contribution in [1.82, 2.24) is 20.2 Å². The van der Waals surface area contributed by atoms with E-state index in [0.29, 0.717) is 29.3 Å². The summed E-state index contributed by atoms with van der Waals surface area (Å²) in [6, 6.07) is 10.7. The van der Waals surface area contributed by atoms with Gasteiger partial charge in [-0.2, -0.15) is 13.8 Å². The summed E-state index contributed by atoms with van der Waals surface area (Å²) < 4.78 is 31.3. The third kappa shape index (κ3) is 6.49. The number of halogens is 2. The van der Waals surface area contributed by atoms with Crippen LogP contribution in [0.1, 0.15) is 21.5 Å². The Labute approximate surface area is 214 Å². The van der Waals surface area contributed by atoms with Gasteiger partial charge < -0.3 is 30.5 Å². The van der Waals surface area contributed by atoms with E-state index in [2.05, 4.69) is 42.8 Å². The van der Waals surface area contributed by atoms with Crippen molar-refractivity contribution in [3.8, 4) is 5.75 Å². The normalized spacial score (nSPS) is 14.1. The van der Waals surface area contributed by atoms with Crippen LogP contribution >= 0.6 is 0 Å². The number of alkyl halides is 2. The molecule has 196 valence electrons. The predicted octanol–water partition coefficient (Wildman–Crippen LogP) is 4.16. The molecule has 2 aromatic carbocycles. The van der Waals surface area contributed by atoms with Gasteiger partial charge in [0.1, 0.15) is 5.82 Å². The molecule has 0 bridgehead atoms. The minimum absolute atomic E-state index is 0.00752. The third-order valence-corrected chi connectivity index (χ3v) is 6.20. The molecule has 0 saturated carbocycles. The average Bonchev–Trinajstić information content (AvgIpc) is 2.87. The molecule has 3 aromatic rings. The Balaban J connectivity index is 1.59. The Hall–Kier alpha value is -3.83. The van der Waals surface area contributed by atoms with Gasteiger partial charge in [-0.05, 0) is 44.8 Å². The molecule has 1 saturated heterocycles. The lowest BCUT2D eigenvalue weighted by molar-refractivity contribution is -0.0493. The number of aldehydes is 1. The third-order valence-electron chi connectivity index (χ3n) is 6.20. The molecular formula is C26H31F2N7O2. The fourth-order valence-corrected chi connectivity index (χ4v) is 4.15. The van der Waals surface area contributed by atoms with Crippen molar-refractivity contribution in [1.29, 1.82) is 0 Å². The molecule has 37 heavy (non-hydrogen) atoms. The van der Waals surface area contributed by atoms with Gasteiger partial charge in [0, 0.05) is 61.8 Å². The summed E-state index contributed by atoms with van der Waals surface area (Å²) in [5.41, 5.74) is 3.85. The Morgan fingerprint density at radius 1 is 1.11 bits per heavy atom. The van der Waals surface area contributed by atoms with Crippen LogP contribution in [0.3, 0.4) is 0 Å². The number of ether oxygens (including phenoxy) is 1. The van der Waals surface area contributed by atoms with E-state index in [1.165, 1.54) is 0 Å². The molecule has 1 aliphatic heterocycles. The number of hydrogen-bond donors (Lipinski definition) is 3. The van der Waals surface area contributed by atoms with E-state index >= 15 is 0 Å². The number of rotatable bonds is 10. The maximum Gasteiger partial charge on any atom is 0.387 e. The monoisotopic (exact) mass is 511 g/mol. The van der Waals surface area contributed by atoms with Gasteiger partial charge in [0.2, 0.25) is 5.95 Å².